The first-order chi connectivity index (χ1) is 10.7. The molecule has 3 aromatic heterocycles. The number of nitrogens with zero attached hydrogens (tertiary/aromatic N) is 5. The highest BCUT2D eigenvalue weighted by Gasteiger charge is 2.20. The summed E-state index contributed by atoms with van der Waals surface area (Å²) >= 11 is 0. The number of nitrogen functional groups attached to an aromatic ring is 1. The van der Waals surface area contributed by atoms with Crippen LogP contribution in [0.1, 0.15) is 17.9 Å². The molecule has 22 heavy (non-hydrogen) atoms. The van der Waals surface area contributed by atoms with Gasteiger partial charge in [0.25, 0.3) is 0 Å². The van der Waals surface area contributed by atoms with Crippen molar-refractivity contribution in [2.45, 2.75) is 12.3 Å². The van der Waals surface area contributed by atoms with Gasteiger partial charge in [-0.1, -0.05) is 0 Å². The lowest BCUT2D eigenvalue weighted by Crippen LogP contribution is -2.00. The fourth-order valence-corrected chi connectivity index (χ4v) is 2.89. The maximum Gasteiger partial charge on any atom is 0.161 e. The molecule has 1 aliphatic heterocycles. The molecule has 0 radical (unpaired) electrons. The van der Waals surface area contributed by atoms with Gasteiger partial charge in [-0.05, 0) is 12.0 Å². The maximum atomic E-state index is 6.00. The summed E-state index contributed by atoms with van der Waals surface area (Å²) in [7, 11) is 1.92. The zero-order chi connectivity index (χ0) is 15.1. The highest BCUT2D eigenvalue weighted by Crippen LogP contribution is 2.30. The summed E-state index contributed by atoms with van der Waals surface area (Å²) < 4.78 is 7.32. The topological polar surface area (TPSA) is 91.7 Å². The van der Waals surface area contributed by atoms with E-state index in [0.717, 1.165) is 41.8 Å². The van der Waals surface area contributed by atoms with Gasteiger partial charge < -0.3 is 15.0 Å². The maximum absolute atomic E-state index is 6.00. The van der Waals surface area contributed by atoms with Crippen molar-refractivity contribution >= 4 is 16.9 Å². The molecule has 7 heteroatoms. The second kappa shape index (κ2) is 5.03. The quantitative estimate of drug-likeness (QED) is 0.770. The third-order valence-corrected chi connectivity index (χ3v) is 4.10. The molecule has 1 atom stereocenters. The number of hydrogen-bond donors (Lipinski definition) is 1. The number of aromatic nitrogens is 5. The van der Waals surface area contributed by atoms with Crippen molar-refractivity contribution in [3.05, 3.63) is 30.5 Å². The SMILES string of the molecule is Cn1cc(-c2ncc(C3CCOC3)cn2)c2c(N)ncnc21. The van der Waals surface area contributed by atoms with Crippen LogP contribution in [0.2, 0.25) is 0 Å². The van der Waals surface area contributed by atoms with Crippen LogP contribution in [0, 0.1) is 0 Å². The van der Waals surface area contributed by atoms with Gasteiger partial charge in [0.05, 0.1) is 17.6 Å². The van der Waals surface area contributed by atoms with Crippen molar-refractivity contribution in [2.75, 3.05) is 18.9 Å². The Morgan fingerprint density at radius 1 is 1.23 bits per heavy atom. The normalized spacial score (nSPS) is 18.1. The van der Waals surface area contributed by atoms with E-state index >= 15 is 0 Å². The highest BCUT2D eigenvalue weighted by atomic mass is 16.5. The molecule has 1 saturated heterocycles. The monoisotopic (exact) mass is 296 g/mol. The Morgan fingerprint density at radius 3 is 2.77 bits per heavy atom. The average molecular weight is 296 g/mol. The number of fused-ring (bicyclic) bond motifs is 1. The lowest BCUT2D eigenvalue weighted by Gasteiger charge is -2.07. The molecule has 112 valence electrons. The minimum absolute atomic E-state index is 0.398. The van der Waals surface area contributed by atoms with Gasteiger partial charge in [-0.15, -0.1) is 0 Å². The van der Waals surface area contributed by atoms with Gasteiger partial charge in [0.15, 0.2) is 5.82 Å². The van der Waals surface area contributed by atoms with Gasteiger partial charge in [0.1, 0.15) is 17.8 Å². The first-order valence-corrected chi connectivity index (χ1v) is 7.19. The van der Waals surface area contributed by atoms with Gasteiger partial charge in [0.2, 0.25) is 0 Å². The molecule has 0 bridgehead atoms. The molecule has 1 aliphatic rings. The van der Waals surface area contributed by atoms with Crippen molar-refractivity contribution in [3.8, 4) is 11.4 Å². The molecule has 3 aromatic rings. The van der Waals surface area contributed by atoms with Crippen molar-refractivity contribution in [1.29, 1.82) is 0 Å². The largest absolute Gasteiger partial charge is 0.383 e. The van der Waals surface area contributed by atoms with Gasteiger partial charge in [-0.3, -0.25) is 0 Å². The van der Waals surface area contributed by atoms with Crippen LogP contribution in [0.3, 0.4) is 0 Å². The lowest BCUT2D eigenvalue weighted by atomic mass is 10.0. The molecule has 0 amide bonds. The van der Waals surface area contributed by atoms with Crippen LogP contribution in [0.15, 0.2) is 24.9 Å². The third kappa shape index (κ3) is 2.01. The van der Waals surface area contributed by atoms with E-state index < -0.39 is 0 Å². The number of anilines is 1. The van der Waals surface area contributed by atoms with E-state index in [2.05, 4.69) is 19.9 Å². The molecular weight excluding hydrogens is 280 g/mol. The van der Waals surface area contributed by atoms with Gasteiger partial charge in [0, 0.05) is 38.2 Å². The molecule has 0 aromatic carbocycles. The van der Waals surface area contributed by atoms with Crippen LogP contribution in [0.5, 0.6) is 0 Å². The van der Waals surface area contributed by atoms with Crippen LogP contribution < -0.4 is 5.73 Å². The second-order valence-corrected chi connectivity index (χ2v) is 5.51. The minimum atomic E-state index is 0.398. The van der Waals surface area contributed by atoms with Crippen LogP contribution in [-0.2, 0) is 11.8 Å². The summed E-state index contributed by atoms with van der Waals surface area (Å²) in [6.45, 7) is 1.56. The Bertz CT molecular complexity index is 820. The first kappa shape index (κ1) is 13.1. The Balaban J connectivity index is 1.79. The Kier molecular flexibility index (Phi) is 3.00. The third-order valence-electron chi connectivity index (χ3n) is 4.10. The first-order valence-electron chi connectivity index (χ1n) is 7.19. The van der Waals surface area contributed by atoms with E-state index in [1.54, 1.807) is 0 Å². The van der Waals surface area contributed by atoms with Crippen LogP contribution in [-0.4, -0.2) is 37.7 Å². The summed E-state index contributed by atoms with van der Waals surface area (Å²) in [5.41, 5.74) is 8.75. The van der Waals surface area contributed by atoms with Crippen molar-refractivity contribution < 1.29 is 4.74 Å². The Labute approximate surface area is 127 Å². The fourth-order valence-electron chi connectivity index (χ4n) is 2.89. The van der Waals surface area contributed by atoms with Crippen molar-refractivity contribution in [3.63, 3.8) is 0 Å². The lowest BCUT2D eigenvalue weighted by molar-refractivity contribution is 0.194. The molecule has 1 unspecified atom stereocenters. The Morgan fingerprint density at radius 2 is 2.05 bits per heavy atom. The molecule has 1 fully saturated rings. The van der Waals surface area contributed by atoms with E-state index in [4.69, 9.17) is 10.5 Å². The van der Waals surface area contributed by atoms with E-state index in [9.17, 15) is 0 Å². The minimum Gasteiger partial charge on any atom is -0.383 e. The molecule has 4 rings (SSSR count). The average Bonchev–Trinajstić information content (AvgIpc) is 3.17. The molecule has 7 nitrogen and oxygen atoms in total. The number of nitrogens with two attached hydrogens (primary N) is 1. The number of aryl methyl sites for hydroxylation is 1. The number of ether oxygens (including phenoxy) is 1. The zero-order valence-corrected chi connectivity index (χ0v) is 12.2. The smallest absolute Gasteiger partial charge is 0.161 e. The van der Waals surface area contributed by atoms with Crippen LogP contribution in [0.25, 0.3) is 22.4 Å². The van der Waals surface area contributed by atoms with Gasteiger partial charge in [-0.2, -0.15) is 0 Å². The predicted molar refractivity (Wildman–Crippen MR) is 82.1 cm³/mol. The van der Waals surface area contributed by atoms with Gasteiger partial charge in [-0.25, -0.2) is 19.9 Å². The van der Waals surface area contributed by atoms with Crippen molar-refractivity contribution in [2.24, 2.45) is 7.05 Å². The predicted octanol–water partition coefficient (Wildman–Crippen LogP) is 1.51. The molecule has 0 aliphatic carbocycles. The van der Waals surface area contributed by atoms with E-state index in [1.165, 1.54) is 6.33 Å². The van der Waals surface area contributed by atoms with E-state index in [-0.39, 0.29) is 0 Å². The summed E-state index contributed by atoms with van der Waals surface area (Å²) in [6, 6.07) is 0. The van der Waals surface area contributed by atoms with E-state index in [1.807, 2.05) is 30.2 Å². The Hall–Kier alpha value is -2.54. The highest BCUT2D eigenvalue weighted by molar-refractivity contribution is 5.99. The van der Waals surface area contributed by atoms with Gasteiger partial charge >= 0.3 is 0 Å². The molecule has 0 saturated carbocycles. The summed E-state index contributed by atoms with van der Waals surface area (Å²) in [4.78, 5) is 17.4. The van der Waals surface area contributed by atoms with E-state index in [0.29, 0.717) is 17.6 Å². The van der Waals surface area contributed by atoms with Crippen LogP contribution in [0.4, 0.5) is 5.82 Å². The standard InChI is InChI=1S/C15H16N6O/c1-21-6-11(12-13(16)19-8-20-15(12)21)14-17-4-10(5-18-14)9-2-3-22-7-9/h4-6,8-9H,2-3,7H2,1H3,(H2,16,19,20). The number of rotatable bonds is 2. The summed E-state index contributed by atoms with van der Waals surface area (Å²) in [6.07, 6.45) is 8.17. The molecule has 0 spiro atoms. The molecule has 2 N–H and O–H groups in total. The number of hydrogen-bond acceptors (Lipinski definition) is 6. The molecular formula is C15H16N6O. The van der Waals surface area contributed by atoms with Crippen LogP contribution >= 0.6 is 0 Å². The molecule has 4 heterocycles. The van der Waals surface area contributed by atoms with Crippen molar-refractivity contribution in [1.82, 2.24) is 24.5 Å². The summed E-state index contributed by atoms with van der Waals surface area (Å²) in [5, 5.41) is 0.793. The fraction of sp³-hybridized carbons (Fsp3) is 0.333. The second-order valence-electron chi connectivity index (χ2n) is 5.51. The summed E-state index contributed by atoms with van der Waals surface area (Å²) in [5.74, 6) is 1.47. The zero-order valence-electron chi connectivity index (χ0n) is 12.2.